The van der Waals surface area contributed by atoms with Gasteiger partial charge >= 0.3 is 0 Å². The number of benzene rings is 2. The van der Waals surface area contributed by atoms with Crippen LogP contribution in [0.3, 0.4) is 0 Å². The second-order valence-corrected chi connectivity index (χ2v) is 5.31. The van der Waals surface area contributed by atoms with Crippen LogP contribution in [-0.2, 0) is 0 Å². The Labute approximate surface area is 130 Å². The van der Waals surface area contributed by atoms with Crippen molar-refractivity contribution in [3.63, 3.8) is 0 Å². The van der Waals surface area contributed by atoms with Crippen LogP contribution in [0.4, 0.5) is 4.39 Å². The number of hydrogen-bond donors (Lipinski definition) is 0. The normalized spacial score (nSPS) is 10.3. The molecule has 0 N–H and O–H groups in total. The molecule has 0 saturated carbocycles. The third-order valence-electron chi connectivity index (χ3n) is 3.17. The van der Waals surface area contributed by atoms with Crippen molar-refractivity contribution in [3.05, 3.63) is 57.3 Å². The fourth-order valence-electron chi connectivity index (χ4n) is 2.05. The molecule has 3 nitrogen and oxygen atoms in total. The van der Waals surface area contributed by atoms with Gasteiger partial charge in [0, 0.05) is 5.56 Å². The highest BCUT2D eigenvalue weighted by atomic mass is 79.9. The fourth-order valence-corrected chi connectivity index (χ4v) is 2.42. The van der Waals surface area contributed by atoms with E-state index in [2.05, 4.69) is 15.9 Å². The Morgan fingerprint density at radius 3 is 2.33 bits per heavy atom. The SMILES string of the molecule is COc1cc(C)c(C(=O)c2cccc(Br)c2F)cc1OC. The number of rotatable bonds is 4. The Balaban J connectivity index is 2.56. The number of ketones is 1. The molecule has 0 fully saturated rings. The summed E-state index contributed by atoms with van der Waals surface area (Å²) in [5, 5.41) is 0. The standard InChI is InChI=1S/C16H14BrFO3/c1-9-7-13(20-2)14(21-3)8-11(9)16(19)10-5-4-6-12(17)15(10)18/h4-8H,1-3H3. The van der Waals surface area contributed by atoms with Crippen LogP contribution >= 0.6 is 15.9 Å². The lowest BCUT2D eigenvalue weighted by Gasteiger charge is -2.12. The lowest BCUT2D eigenvalue weighted by molar-refractivity contribution is 0.103. The Kier molecular flexibility index (Phi) is 4.63. The molecule has 0 radical (unpaired) electrons. The predicted molar refractivity (Wildman–Crippen MR) is 81.8 cm³/mol. The Bertz CT molecular complexity index is 698. The topological polar surface area (TPSA) is 35.5 Å². The van der Waals surface area contributed by atoms with E-state index in [1.54, 1.807) is 31.2 Å². The first kappa shape index (κ1) is 15.5. The number of halogens is 2. The molecule has 0 aliphatic carbocycles. The van der Waals surface area contributed by atoms with Crippen LogP contribution < -0.4 is 9.47 Å². The van der Waals surface area contributed by atoms with E-state index in [1.165, 1.54) is 20.3 Å². The summed E-state index contributed by atoms with van der Waals surface area (Å²) in [4.78, 5) is 12.6. The van der Waals surface area contributed by atoms with E-state index >= 15 is 0 Å². The summed E-state index contributed by atoms with van der Waals surface area (Å²) in [5.74, 6) is -0.00735. The monoisotopic (exact) mass is 352 g/mol. The molecule has 0 heterocycles. The van der Waals surface area contributed by atoms with Crippen molar-refractivity contribution in [2.75, 3.05) is 14.2 Å². The van der Waals surface area contributed by atoms with E-state index in [0.717, 1.165) is 0 Å². The number of carbonyl (C=O) groups is 1. The lowest BCUT2D eigenvalue weighted by Crippen LogP contribution is -2.07. The molecule has 21 heavy (non-hydrogen) atoms. The highest BCUT2D eigenvalue weighted by Gasteiger charge is 2.20. The van der Waals surface area contributed by atoms with E-state index in [-0.39, 0.29) is 10.0 Å². The van der Waals surface area contributed by atoms with E-state index in [4.69, 9.17) is 9.47 Å². The molecule has 0 spiro atoms. The first-order valence-electron chi connectivity index (χ1n) is 6.21. The van der Waals surface area contributed by atoms with Crippen molar-refractivity contribution in [3.8, 4) is 11.5 Å². The summed E-state index contributed by atoms with van der Waals surface area (Å²) in [5.41, 5.74) is 1.08. The number of ether oxygens (including phenoxy) is 2. The van der Waals surface area contributed by atoms with E-state index in [9.17, 15) is 9.18 Å². The van der Waals surface area contributed by atoms with E-state index in [0.29, 0.717) is 22.6 Å². The van der Waals surface area contributed by atoms with Crippen LogP contribution in [0.25, 0.3) is 0 Å². The third kappa shape index (κ3) is 2.93. The predicted octanol–water partition coefficient (Wildman–Crippen LogP) is 4.14. The molecule has 0 bridgehead atoms. The molecule has 0 saturated heterocycles. The van der Waals surface area contributed by atoms with Gasteiger partial charge in [0.05, 0.1) is 24.3 Å². The molecular weight excluding hydrogens is 339 g/mol. The molecule has 0 aliphatic rings. The van der Waals surface area contributed by atoms with Gasteiger partial charge in [-0.3, -0.25) is 4.79 Å². The molecule has 2 rings (SSSR count). The quantitative estimate of drug-likeness (QED) is 0.775. The second-order valence-electron chi connectivity index (χ2n) is 4.45. The summed E-state index contributed by atoms with van der Waals surface area (Å²) < 4.78 is 24.7. The minimum atomic E-state index is -0.573. The van der Waals surface area contributed by atoms with Gasteiger partial charge in [-0.1, -0.05) is 6.07 Å². The molecule has 2 aromatic rings. The summed E-state index contributed by atoms with van der Waals surface area (Å²) in [7, 11) is 3.01. The summed E-state index contributed by atoms with van der Waals surface area (Å²) in [6.45, 7) is 1.77. The average molecular weight is 353 g/mol. The number of carbonyl (C=O) groups excluding carboxylic acids is 1. The molecule has 5 heteroatoms. The molecule has 0 atom stereocenters. The van der Waals surface area contributed by atoms with Gasteiger partial charge in [0.1, 0.15) is 5.82 Å². The van der Waals surface area contributed by atoms with Crippen molar-refractivity contribution in [1.29, 1.82) is 0 Å². The third-order valence-corrected chi connectivity index (χ3v) is 3.78. The first-order chi connectivity index (χ1) is 9.99. The molecular formula is C16H14BrFO3. The maximum absolute atomic E-state index is 14.1. The maximum atomic E-state index is 14.1. The Hall–Kier alpha value is -1.88. The van der Waals surface area contributed by atoms with Crippen LogP contribution in [0.1, 0.15) is 21.5 Å². The van der Waals surface area contributed by atoms with Gasteiger partial charge in [-0.05, 0) is 52.7 Å². The zero-order valence-electron chi connectivity index (χ0n) is 11.9. The van der Waals surface area contributed by atoms with Crippen molar-refractivity contribution < 1.29 is 18.7 Å². The average Bonchev–Trinajstić information content (AvgIpc) is 2.49. The Morgan fingerprint density at radius 2 is 1.71 bits per heavy atom. The van der Waals surface area contributed by atoms with Gasteiger partial charge in [0.15, 0.2) is 17.3 Å². The van der Waals surface area contributed by atoms with Gasteiger partial charge in [-0.15, -0.1) is 0 Å². The number of methoxy groups -OCH3 is 2. The zero-order chi connectivity index (χ0) is 15.6. The van der Waals surface area contributed by atoms with Crippen LogP contribution in [0.5, 0.6) is 11.5 Å². The van der Waals surface area contributed by atoms with E-state index in [1.807, 2.05) is 0 Å². The smallest absolute Gasteiger partial charge is 0.196 e. The summed E-state index contributed by atoms with van der Waals surface area (Å²) in [6, 6.07) is 7.89. The van der Waals surface area contributed by atoms with Gasteiger partial charge < -0.3 is 9.47 Å². The van der Waals surface area contributed by atoms with Crippen molar-refractivity contribution >= 4 is 21.7 Å². The van der Waals surface area contributed by atoms with Crippen molar-refractivity contribution in [2.45, 2.75) is 6.92 Å². The minimum absolute atomic E-state index is 0.0136. The molecule has 0 aliphatic heterocycles. The molecule has 2 aromatic carbocycles. The first-order valence-corrected chi connectivity index (χ1v) is 7.00. The fraction of sp³-hybridized carbons (Fsp3) is 0.188. The minimum Gasteiger partial charge on any atom is -0.493 e. The number of hydrogen-bond acceptors (Lipinski definition) is 3. The van der Waals surface area contributed by atoms with Crippen LogP contribution in [-0.4, -0.2) is 20.0 Å². The highest BCUT2D eigenvalue weighted by molar-refractivity contribution is 9.10. The van der Waals surface area contributed by atoms with Gasteiger partial charge in [0.2, 0.25) is 0 Å². The van der Waals surface area contributed by atoms with Gasteiger partial charge in [0.25, 0.3) is 0 Å². The zero-order valence-corrected chi connectivity index (χ0v) is 13.5. The molecule has 0 unspecified atom stereocenters. The van der Waals surface area contributed by atoms with Gasteiger partial charge in [-0.2, -0.15) is 0 Å². The lowest BCUT2D eigenvalue weighted by atomic mass is 9.98. The van der Waals surface area contributed by atoms with Gasteiger partial charge in [-0.25, -0.2) is 4.39 Å². The summed E-state index contributed by atoms with van der Waals surface area (Å²) in [6.07, 6.45) is 0. The molecule has 0 aromatic heterocycles. The van der Waals surface area contributed by atoms with Crippen LogP contribution in [0, 0.1) is 12.7 Å². The number of aryl methyl sites for hydroxylation is 1. The second kappa shape index (κ2) is 6.26. The Morgan fingerprint density at radius 1 is 1.10 bits per heavy atom. The summed E-state index contributed by atoms with van der Waals surface area (Å²) >= 11 is 3.08. The molecule has 0 amide bonds. The van der Waals surface area contributed by atoms with E-state index < -0.39 is 11.6 Å². The van der Waals surface area contributed by atoms with Crippen molar-refractivity contribution in [2.24, 2.45) is 0 Å². The maximum Gasteiger partial charge on any atom is 0.196 e. The highest BCUT2D eigenvalue weighted by Crippen LogP contribution is 2.32. The van der Waals surface area contributed by atoms with Crippen LogP contribution in [0.2, 0.25) is 0 Å². The largest absolute Gasteiger partial charge is 0.493 e. The van der Waals surface area contributed by atoms with Crippen LogP contribution in [0.15, 0.2) is 34.8 Å². The molecule has 110 valence electrons. The van der Waals surface area contributed by atoms with Crippen molar-refractivity contribution in [1.82, 2.24) is 0 Å².